The van der Waals surface area contributed by atoms with Crippen molar-refractivity contribution in [2.45, 2.75) is 13.0 Å². The van der Waals surface area contributed by atoms with Gasteiger partial charge in [0.25, 0.3) is 0 Å². The first kappa shape index (κ1) is 15.6. The highest BCUT2D eigenvalue weighted by atomic mass is 79.9. The Labute approximate surface area is 133 Å². The van der Waals surface area contributed by atoms with Gasteiger partial charge in [-0.25, -0.2) is 0 Å². The van der Waals surface area contributed by atoms with Crippen LogP contribution in [-0.2, 0) is 6.54 Å². The van der Waals surface area contributed by atoms with E-state index in [9.17, 15) is 0 Å². The van der Waals surface area contributed by atoms with Gasteiger partial charge in [0.05, 0.1) is 12.2 Å². The number of nitriles is 1. The Morgan fingerprint density at radius 2 is 1.95 bits per heavy atom. The van der Waals surface area contributed by atoms with Crippen molar-refractivity contribution in [1.29, 1.82) is 5.26 Å². The number of ether oxygens (including phenoxy) is 1. The van der Waals surface area contributed by atoms with Crippen molar-refractivity contribution in [3.05, 3.63) is 64.1 Å². The molecule has 1 N–H and O–H groups in total. The van der Waals surface area contributed by atoms with Crippen LogP contribution in [0.2, 0.25) is 0 Å². The summed E-state index contributed by atoms with van der Waals surface area (Å²) in [6.45, 7) is 2.33. The van der Waals surface area contributed by atoms with Crippen molar-refractivity contribution in [3.8, 4) is 11.8 Å². The lowest BCUT2D eigenvalue weighted by atomic mass is 10.2. The average molecular weight is 345 g/mol. The topological polar surface area (TPSA) is 45.0 Å². The first-order chi connectivity index (χ1) is 10.3. The number of nitrogens with one attached hydrogen (secondary N) is 1. The number of hydrogen-bond acceptors (Lipinski definition) is 3. The standard InChI is InChI=1S/C17H17BrN2O/c18-16-8-7-15(12-19)17(11-16)21-10-4-9-20-13-14-5-2-1-3-6-14/h1-3,5-8,11,20H,4,9-10,13H2. The summed E-state index contributed by atoms with van der Waals surface area (Å²) in [5.41, 5.74) is 1.84. The van der Waals surface area contributed by atoms with Crippen LogP contribution >= 0.6 is 15.9 Å². The molecule has 0 aliphatic carbocycles. The van der Waals surface area contributed by atoms with E-state index < -0.39 is 0 Å². The maximum Gasteiger partial charge on any atom is 0.138 e. The third-order valence-corrected chi connectivity index (χ3v) is 3.48. The monoisotopic (exact) mass is 344 g/mol. The molecule has 0 aliphatic rings. The lowest BCUT2D eigenvalue weighted by Crippen LogP contribution is -2.17. The Kier molecular flexibility index (Phi) is 6.26. The van der Waals surface area contributed by atoms with Crippen molar-refractivity contribution in [2.75, 3.05) is 13.2 Å². The van der Waals surface area contributed by atoms with Crippen LogP contribution in [-0.4, -0.2) is 13.2 Å². The van der Waals surface area contributed by atoms with Crippen LogP contribution in [0.25, 0.3) is 0 Å². The van der Waals surface area contributed by atoms with Crippen LogP contribution in [0.5, 0.6) is 5.75 Å². The van der Waals surface area contributed by atoms with Gasteiger partial charge in [0, 0.05) is 11.0 Å². The molecule has 108 valence electrons. The first-order valence-electron chi connectivity index (χ1n) is 6.86. The number of hydrogen-bond donors (Lipinski definition) is 1. The summed E-state index contributed by atoms with van der Waals surface area (Å²) in [5, 5.41) is 12.4. The fraction of sp³-hybridized carbons (Fsp3) is 0.235. The lowest BCUT2D eigenvalue weighted by molar-refractivity contribution is 0.307. The van der Waals surface area contributed by atoms with E-state index in [0.29, 0.717) is 17.9 Å². The highest BCUT2D eigenvalue weighted by Crippen LogP contribution is 2.23. The fourth-order valence-electron chi connectivity index (χ4n) is 1.92. The van der Waals surface area contributed by atoms with Gasteiger partial charge < -0.3 is 10.1 Å². The summed E-state index contributed by atoms with van der Waals surface area (Å²) >= 11 is 3.38. The Morgan fingerprint density at radius 3 is 2.71 bits per heavy atom. The van der Waals surface area contributed by atoms with Crippen molar-refractivity contribution < 1.29 is 4.74 Å². The number of benzene rings is 2. The summed E-state index contributed by atoms with van der Waals surface area (Å²) in [7, 11) is 0. The van der Waals surface area contributed by atoms with Crippen molar-refractivity contribution >= 4 is 15.9 Å². The van der Waals surface area contributed by atoms with E-state index in [1.807, 2.05) is 30.3 Å². The van der Waals surface area contributed by atoms with Crippen LogP contribution in [0.15, 0.2) is 53.0 Å². The van der Waals surface area contributed by atoms with E-state index in [2.05, 4.69) is 39.4 Å². The van der Waals surface area contributed by atoms with E-state index in [1.54, 1.807) is 6.07 Å². The predicted molar refractivity (Wildman–Crippen MR) is 87.1 cm³/mol. The van der Waals surface area contributed by atoms with Crippen molar-refractivity contribution in [2.24, 2.45) is 0 Å². The molecule has 0 bridgehead atoms. The second kappa shape index (κ2) is 8.46. The molecule has 0 radical (unpaired) electrons. The molecule has 0 amide bonds. The molecule has 0 saturated carbocycles. The molecular weight excluding hydrogens is 328 g/mol. The minimum absolute atomic E-state index is 0.565. The second-order valence-corrected chi connectivity index (χ2v) is 5.53. The summed E-state index contributed by atoms with van der Waals surface area (Å²) in [6.07, 6.45) is 0.893. The van der Waals surface area contributed by atoms with E-state index in [0.717, 1.165) is 24.0 Å². The van der Waals surface area contributed by atoms with Gasteiger partial charge in [-0.1, -0.05) is 46.3 Å². The van der Waals surface area contributed by atoms with E-state index in [4.69, 9.17) is 10.00 Å². The molecule has 0 atom stereocenters. The van der Waals surface area contributed by atoms with Gasteiger partial charge in [-0.15, -0.1) is 0 Å². The van der Waals surface area contributed by atoms with E-state index >= 15 is 0 Å². The van der Waals surface area contributed by atoms with Gasteiger partial charge in [-0.05, 0) is 36.7 Å². The van der Waals surface area contributed by atoms with E-state index in [-0.39, 0.29) is 0 Å². The smallest absolute Gasteiger partial charge is 0.138 e. The molecule has 0 fully saturated rings. The molecule has 3 nitrogen and oxygen atoms in total. The highest BCUT2D eigenvalue weighted by Gasteiger charge is 2.03. The van der Waals surface area contributed by atoms with Crippen LogP contribution in [0.3, 0.4) is 0 Å². The molecule has 0 heterocycles. The molecule has 0 saturated heterocycles. The molecular formula is C17H17BrN2O. The van der Waals surface area contributed by atoms with Crippen LogP contribution in [0.1, 0.15) is 17.5 Å². The number of nitrogens with zero attached hydrogens (tertiary/aromatic N) is 1. The Balaban J connectivity index is 1.68. The molecule has 0 spiro atoms. The predicted octanol–water partition coefficient (Wildman–Crippen LogP) is 3.88. The molecule has 0 aliphatic heterocycles. The minimum Gasteiger partial charge on any atom is -0.492 e. The zero-order chi connectivity index (χ0) is 14.9. The molecule has 2 aromatic rings. The average Bonchev–Trinajstić information content (AvgIpc) is 2.52. The van der Waals surface area contributed by atoms with Gasteiger partial charge in [-0.2, -0.15) is 5.26 Å². The normalized spacial score (nSPS) is 10.1. The molecule has 21 heavy (non-hydrogen) atoms. The van der Waals surface area contributed by atoms with E-state index in [1.165, 1.54) is 5.56 Å². The minimum atomic E-state index is 0.565. The number of halogens is 1. The SMILES string of the molecule is N#Cc1ccc(Br)cc1OCCCNCc1ccccc1. The van der Waals surface area contributed by atoms with Crippen molar-refractivity contribution in [3.63, 3.8) is 0 Å². The molecule has 0 aromatic heterocycles. The molecule has 4 heteroatoms. The third-order valence-electron chi connectivity index (χ3n) is 2.99. The third kappa shape index (κ3) is 5.22. The van der Waals surface area contributed by atoms with Crippen LogP contribution < -0.4 is 10.1 Å². The molecule has 2 aromatic carbocycles. The fourth-order valence-corrected chi connectivity index (χ4v) is 2.26. The zero-order valence-corrected chi connectivity index (χ0v) is 13.3. The lowest BCUT2D eigenvalue weighted by Gasteiger charge is -2.09. The summed E-state index contributed by atoms with van der Waals surface area (Å²) in [6, 6.07) is 17.9. The van der Waals surface area contributed by atoms with Crippen molar-refractivity contribution in [1.82, 2.24) is 5.32 Å². The van der Waals surface area contributed by atoms with Gasteiger partial charge in [0.2, 0.25) is 0 Å². The Morgan fingerprint density at radius 1 is 1.14 bits per heavy atom. The van der Waals surface area contributed by atoms with Crippen LogP contribution in [0.4, 0.5) is 0 Å². The Bertz CT molecular complexity index is 608. The second-order valence-electron chi connectivity index (χ2n) is 4.62. The summed E-state index contributed by atoms with van der Waals surface area (Å²) in [4.78, 5) is 0. The highest BCUT2D eigenvalue weighted by molar-refractivity contribution is 9.10. The Hall–Kier alpha value is -1.83. The van der Waals surface area contributed by atoms with Gasteiger partial charge in [0.15, 0.2) is 0 Å². The first-order valence-corrected chi connectivity index (χ1v) is 7.66. The molecule has 0 unspecified atom stereocenters. The largest absolute Gasteiger partial charge is 0.492 e. The van der Waals surface area contributed by atoms with Gasteiger partial charge >= 0.3 is 0 Å². The van der Waals surface area contributed by atoms with Crippen LogP contribution in [0, 0.1) is 11.3 Å². The zero-order valence-electron chi connectivity index (χ0n) is 11.7. The maximum atomic E-state index is 9.02. The maximum absolute atomic E-state index is 9.02. The van der Waals surface area contributed by atoms with Gasteiger partial charge in [-0.3, -0.25) is 0 Å². The quantitative estimate of drug-likeness (QED) is 0.775. The summed E-state index contributed by atoms with van der Waals surface area (Å²) in [5.74, 6) is 0.634. The van der Waals surface area contributed by atoms with Gasteiger partial charge in [0.1, 0.15) is 11.8 Å². The number of rotatable bonds is 7. The summed E-state index contributed by atoms with van der Waals surface area (Å²) < 4.78 is 6.58. The molecule has 2 rings (SSSR count).